The van der Waals surface area contributed by atoms with Gasteiger partial charge in [0.2, 0.25) is 5.95 Å². The molecule has 0 radical (unpaired) electrons. The molecule has 9 nitrogen and oxygen atoms in total. The Hall–Kier alpha value is -2.33. The molecule has 0 saturated carbocycles. The molecule has 0 aliphatic carbocycles. The summed E-state index contributed by atoms with van der Waals surface area (Å²) in [7, 11) is 0. The van der Waals surface area contributed by atoms with Crippen molar-refractivity contribution < 1.29 is 28.9 Å². The molecule has 1 aliphatic rings. The smallest absolute Gasteiger partial charge is 0.382 e. The molecule has 1 saturated heterocycles. The number of carbonyl (C=O) groups is 2. The summed E-state index contributed by atoms with van der Waals surface area (Å²) in [6.07, 6.45) is 2.47. The highest BCUT2D eigenvalue weighted by molar-refractivity contribution is 5.88. The van der Waals surface area contributed by atoms with Crippen molar-refractivity contribution in [3.63, 3.8) is 0 Å². The molecule has 24 heavy (non-hydrogen) atoms. The van der Waals surface area contributed by atoms with E-state index in [9.17, 15) is 14.1 Å². The van der Waals surface area contributed by atoms with Gasteiger partial charge in [0, 0.05) is 49.6 Å². The van der Waals surface area contributed by atoms with Crippen LogP contribution in [0.15, 0.2) is 12.4 Å². The minimum atomic E-state index is -1.12. The molecule has 1 aromatic heterocycles. The van der Waals surface area contributed by atoms with E-state index in [1.54, 1.807) is 0 Å². The average molecular weight is 342 g/mol. The first-order valence-corrected chi connectivity index (χ1v) is 7.52. The van der Waals surface area contributed by atoms with Crippen molar-refractivity contribution in [2.45, 2.75) is 6.42 Å². The summed E-state index contributed by atoms with van der Waals surface area (Å²) in [6.45, 7) is 4.44. The van der Waals surface area contributed by atoms with Gasteiger partial charge in [0.1, 0.15) is 5.56 Å². The maximum absolute atomic E-state index is 11.8. The fraction of sp³-hybridized carbons (Fsp3) is 0.571. The summed E-state index contributed by atoms with van der Waals surface area (Å²) < 4.78 is 17.1. The molecule has 1 aromatic rings. The lowest BCUT2D eigenvalue weighted by Crippen LogP contribution is -2.47. The molecule has 0 amide bonds. The molecule has 2 rings (SSSR count). The van der Waals surface area contributed by atoms with Crippen molar-refractivity contribution in [1.29, 1.82) is 0 Å². The van der Waals surface area contributed by atoms with Crippen LogP contribution < -0.4 is 4.90 Å². The van der Waals surface area contributed by atoms with Gasteiger partial charge in [-0.25, -0.2) is 19.7 Å². The van der Waals surface area contributed by atoms with Gasteiger partial charge in [-0.3, -0.25) is 9.69 Å². The van der Waals surface area contributed by atoms with Crippen LogP contribution in [-0.4, -0.2) is 77.9 Å². The quantitative estimate of drug-likeness (QED) is 0.660. The number of aliphatic carboxylic acids is 1. The summed E-state index contributed by atoms with van der Waals surface area (Å²) >= 11 is 0. The van der Waals surface area contributed by atoms with Crippen LogP contribution in [0.5, 0.6) is 0 Å². The van der Waals surface area contributed by atoms with E-state index < -0.39 is 11.9 Å². The zero-order chi connectivity index (χ0) is 17.4. The Morgan fingerprint density at radius 1 is 1.17 bits per heavy atom. The van der Waals surface area contributed by atoms with Crippen LogP contribution in [-0.2, 0) is 14.5 Å². The molecule has 0 unspecified atom stereocenters. The Morgan fingerprint density at radius 2 is 1.83 bits per heavy atom. The zero-order valence-corrected chi connectivity index (χ0v) is 13.1. The molecular formula is C14H19FN4O5. The first-order valence-electron chi connectivity index (χ1n) is 7.52. The number of ether oxygens (including phenoxy) is 1. The van der Waals surface area contributed by atoms with Gasteiger partial charge in [0.25, 0.3) is 0 Å². The van der Waals surface area contributed by atoms with Crippen LogP contribution in [0.4, 0.5) is 10.5 Å². The summed E-state index contributed by atoms with van der Waals surface area (Å²) in [5, 5.41) is 8.51. The second kappa shape index (κ2) is 9.08. The summed E-state index contributed by atoms with van der Waals surface area (Å²) in [5.74, 6) is -1.51. The number of piperazine rings is 1. The van der Waals surface area contributed by atoms with Crippen LogP contribution in [0.1, 0.15) is 16.8 Å². The third kappa shape index (κ3) is 5.39. The van der Waals surface area contributed by atoms with Crippen molar-refractivity contribution in [3.8, 4) is 0 Å². The number of aromatic nitrogens is 2. The van der Waals surface area contributed by atoms with Gasteiger partial charge in [0.15, 0.2) is 0 Å². The molecule has 1 aliphatic heterocycles. The lowest BCUT2D eigenvalue weighted by molar-refractivity contribution is -0.138. The van der Waals surface area contributed by atoms with Gasteiger partial charge >= 0.3 is 11.9 Å². The predicted molar refractivity (Wildman–Crippen MR) is 80.3 cm³/mol. The predicted octanol–water partition coefficient (Wildman–Crippen LogP) is 0.131. The number of carboxylic acid groups (broad SMARTS) is 1. The zero-order valence-electron chi connectivity index (χ0n) is 13.1. The third-order valence-electron chi connectivity index (χ3n) is 3.61. The highest BCUT2D eigenvalue weighted by atomic mass is 19.3. The first-order chi connectivity index (χ1) is 11.6. The average Bonchev–Trinajstić information content (AvgIpc) is 2.61. The number of anilines is 1. The Morgan fingerprint density at radius 3 is 2.42 bits per heavy atom. The molecule has 10 heteroatoms. The summed E-state index contributed by atoms with van der Waals surface area (Å²) in [5.41, 5.74) is -0.0432. The Balaban J connectivity index is 1.70. The standard InChI is InChI=1S/C14H19FN4O5/c15-24-13(22)11-9-16-14(17-10-11)19-4-2-18(3-5-19)6-8-23-7-1-12(20)21/h9-10H,1-8H2,(H,20,21). The van der Waals surface area contributed by atoms with E-state index in [0.29, 0.717) is 25.6 Å². The molecule has 0 bridgehead atoms. The van der Waals surface area contributed by atoms with Gasteiger partial charge < -0.3 is 14.7 Å². The van der Waals surface area contributed by atoms with Crippen LogP contribution in [0, 0.1) is 0 Å². The highest BCUT2D eigenvalue weighted by Crippen LogP contribution is 2.11. The number of carbonyl (C=O) groups excluding carboxylic acids is 1. The molecule has 2 heterocycles. The fourth-order valence-electron chi connectivity index (χ4n) is 2.26. The molecule has 1 N–H and O–H groups in total. The number of nitrogens with zero attached hydrogens (tertiary/aromatic N) is 4. The van der Waals surface area contributed by atoms with Crippen LogP contribution in [0.3, 0.4) is 0 Å². The van der Waals surface area contributed by atoms with Crippen molar-refractivity contribution in [2.75, 3.05) is 50.8 Å². The second-order valence-corrected chi connectivity index (χ2v) is 5.22. The topological polar surface area (TPSA) is 105 Å². The number of hydrogen-bond donors (Lipinski definition) is 1. The van der Waals surface area contributed by atoms with Crippen molar-refractivity contribution >= 4 is 17.9 Å². The van der Waals surface area contributed by atoms with Gasteiger partial charge in [-0.1, -0.05) is 0 Å². The summed E-state index contributed by atoms with van der Waals surface area (Å²) in [6, 6.07) is 0. The Kier molecular flexibility index (Phi) is 6.82. The maximum Gasteiger partial charge on any atom is 0.382 e. The van der Waals surface area contributed by atoms with E-state index in [0.717, 1.165) is 19.6 Å². The van der Waals surface area contributed by atoms with Gasteiger partial charge in [-0.05, 0) is 0 Å². The first kappa shape index (κ1) is 18.0. The largest absolute Gasteiger partial charge is 0.481 e. The monoisotopic (exact) mass is 342 g/mol. The fourth-order valence-corrected chi connectivity index (χ4v) is 2.26. The van der Waals surface area contributed by atoms with Gasteiger partial charge in [-0.15, -0.1) is 0 Å². The van der Waals surface area contributed by atoms with Crippen LogP contribution in [0.2, 0.25) is 0 Å². The molecule has 0 atom stereocenters. The van der Waals surface area contributed by atoms with E-state index in [-0.39, 0.29) is 18.6 Å². The van der Waals surface area contributed by atoms with E-state index in [2.05, 4.69) is 19.8 Å². The lowest BCUT2D eigenvalue weighted by Gasteiger charge is -2.34. The molecule has 0 aromatic carbocycles. The van der Waals surface area contributed by atoms with E-state index in [1.807, 2.05) is 4.90 Å². The van der Waals surface area contributed by atoms with Crippen molar-refractivity contribution in [1.82, 2.24) is 14.9 Å². The third-order valence-corrected chi connectivity index (χ3v) is 3.61. The van der Waals surface area contributed by atoms with Crippen LogP contribution in [0.25, 0.3) is 0 Å². The van der Waals surface area contributed by atoms with E-state index in [4.69, 9.17) is 9.84 Å². The Bertz CT molecular complexity index is 549. The number of rotatable bonds is 8. The highest BCUT2D eigenvalue weighted by Gasteiger charge is 2.19. The minimum Gasteiger partial charge on any atom is -0.481 e. The van der Waals surface area contributed by atoms with E-state index >= 15 is 0 Å². The lowest BCUT2D eigenvalue weighted by atomic mass is 10.3. The minimum absolute atomic E-state index is 0.0110. The van der Waals surface area contributed by atoms with Crippen LogP contribution >= 0.6 is 0 Å². The molecule has 1 fully saturated rings. The molecule has 0 spiro atoms. The van der Waals surface area contributed by atoms with Gasteiger partial charge in [-0.2, -0.15) is 0 Å². The van der Waals surface area contributed by atoms with Crippen molar-refractivity contribution in [2.24, 2.45) is 0 Å². The number of halogens is 1. The van der Waals surface area contributed by atoms with Gasteiger partial charge in [0.05, 0.1) is 19.6 Å². The molecule has 132 valence electrons. The second-order valence-electron chi connectivity index (χ2n) is 5.22. The maximum atomic E-state index is 11.8. The SMILES string of the molecule is O=C(O)CCOCCN1CCN(c2ncc(C(=O)OF)cn2)CC1. The van der Waals surface area contributed by atoms with Crippen molar-refractivity contribution in [3.05, 3.63) is 18.0 Å². The number of hydrogen-bond acceptors (Lipinski definition) is 8. The normalized spacial score (nSPS) is 15.3. The molecular weight excluding hydrogens is 323 g/mol. The van der Waals surface area contributed by atoms with E-state index in [1.165, 1.54) is 12.4 Å². The Labute approximate surface area is 137 Å². The number of carboxylic acids is 1. The summed E-state index contributed by atoms with van der Waals surface area (Å²) in [4.78, 5) is 36.7.